The van der Waals surface area contributed by atoms with Gasteiger partial charge < -0.3 is 5.32 Å². The lowest BCUT2D eigenvalue weighted by Crippen LogP contribution is -2.34. The Labute approximate surface area is 180 Å². The van der Waals surface area contributed by atoms with Gasteiger partial charge in [-0.25, -0.2) is 0 Å². The van der Waals surface area contributed by atoms with Gasteiger partial charge in [0, 0.05) is 38.0 Å². The van der Waals surface area contributed by atoms with Crippen molar-refractivity contribution < 1.29 is 14.4 Å². The van der Waals surface area contributed by atoms with Crippen LogP contribution in [-0.4, -0.2) is 22.6 Å². The van der Waals surface area contributed by atoms with E-state index in [4.69, 9.17) is 12.2 Å². The van der Waals surface area contributed by atoms with E-state index < -0.39 is 0 Å². The van der Waals surface area contributed by atoms with Crippen molar-refractivity contribution in [1.29, 1.82) is 0 Å². The summed E-state index contributed by atoms with van der Waals surface area (Å²) in [5.41, 5.74) is 2.41. The minimum atomic E-state index is -0.354. The smallest absolute Gasteiger partial charge is 0.257 e. The molecule has 0 heterocycles. The summed E-state index contributed by atoms with van der Waals surface area (Å²) in [6.07, 6.45) is 0. The van der Waals surface area contributed by atoms with E-state index in [1.54, 1.807) is 66.7 Å². The number of benzene rings is 3. The molecule has 5 nitrogen and oxygen atoms in total. The zero-order valence-corrected chi connectivity index (χ0v) is 17.3. The maximum absolute atomic E-state index is 12.8. The number of carbonyl (C=O) groups is 3. The largest absolute Gasteiger partial charge is 0.332 e. The fraction of sp³-hybridized carbons (Fsp3) is 0. The average Bonchev–Trinajstić information content (AvgIpc) is 2.72. The number of rotatable bonds is 2. The van der Waals surface area contributed by atoms with Crippen molar-refractivity contribution in [3.8, 4) is 0 Å². The van der Waals surface area contributed by atoms with Gasteiger partial charge in [0.2, 0.25) is 0 Å². The van der Waals surface area contributed by atoms with Crippen molar-refractivity contribution >= 4 is 56.4 Å². The minimum absolute atomic E-state index is 0.0906. The van der Waals surface area contributed by atoms with Crippen LogP contribution < -0.4 is 10.6 Å². The zero-order chi connectivity index (χ0) is 20.5. The summed E-state index contributed by atoms with van der Waals surface area (Å²) in [5.74, 6) is -0.760. The predicted molar refractivity (Wildman–Crippen MR) is 118 cm³/mol. The van der Waals surface area contributed by atoms with Gasteiger partial charge in [-0.1, -0.05) is 40.2 Å². The molecule has 1 aliphatic carbocycles. The van der Waals surface area contributed by atoms with Crippen molar-refractivity contribution in [2.24, 2.45) is 0 Å². The maximum Gasteiger partial charge on any atom is 0.257 e. The summed E-state index contributed by atoms with van der Waals surface area (Å²) in [6, 6.07) is 18.4. The Morgan fingerprint density at radius 1 is 0.793 bits per heavy atom. The molecule has 1 aliphatic rings. The van der Waals surface area contributed by atoms with Gasteiger partial charge in [-0.05, 0) is 54.7 Å². The Kier molecular flexibility index (Phi) is 5.08. The average molecular weight is 465 g/mol. The molecule has 29 heavy (non-hydrogen) atoms. The molecule has 0 atom stereocenters. The monoisotopic (exact) mass is 464 g/mol. The molecule has 3 aromatic rings. The Morgan fingerprint density at radius 2 is 1.38 bits per heavy atom. The van der Waals surface area contributed by atoms with E-state index in [2.05, 4.69) is 26.6 Å². The number of amides is 1. The molecule has 0 saturated heterocycles. The number of anilines is 1. The standard InChI is InChI=1S/C22H13BrN2O3S/c23-13-7-5-12(6-8-13)21(28)25-22(29)24-14-9-10-17-18(11-14)20(27)16-4-2-1-3-15(16)19(17)26/h1-11H,(H2,24,25,28,29). The molecule has 0 unspecified atom stereocenters. The Morgan fingerprint density at radius 3 is 2.03 bits per heavy atom. The highest BCUT2D eigenvalue weighted by Gasteiger charge is 2.29. The highest BCUT2D eigenvalue weighted by Crippen LogP contribution is 2.29. The van der Waals surface area contributed by atoms with E-state index in [0.29, 0.717) is 33.5 Å². The van der Waals surface area contributed by atoms with Gasteiger partial charge in [0.05, 0.1) is 0 Å². The fourth-order valence-corrected chi connectivity index (χ4v) is 3.59. The first kappa shape index (κ1) is 19.2. The molecule has 0 aliphatic heterocycles. The van der Waals surface area contributed by atoms with Crippen LogP contribution in [0.1, 0.15) is 42.2 Å². The highest BCUT2D eigenvalue weighted by atomic mass is 79.9. The van der Waals surface area contributed by atoms with Crippen LogP contribution in [-0.2, 0) is 0 Å². The lowest BCUT2D eigenvalue weighted by Gasteiger charge is -2.18. The van der Waals surface area contributed by atoms with Crippen LogP contribution >= 0.6 is 28.1 Å². The zero-order valence-electron chi connectivity index (χ0n) is 14.9. The SMILES string of the molecule is O=C(NC(=S)Nc1ccc2c(c1)C(=O)c1ccccc1C2=O)c1ccc(Br)cc1. The van der Waals surface area contributed by atoms with Gasteiger partial charge >= 0.3 is 0 Å². The van der Waals surface area contributed by atoms with Crippen molar-refractivity contribution in [1.82, 2.24) is 5.32 Å². The summed E-state index contributed by atoms with van der Waals surface area (Å²) in [6.45, 7) is 0. The third-order valence-electron chi connectivity index (χ3n) is 4.52. The molecule has 0 fully saturated rings. The summed E-state index contributed by atoms with van der Waals surface area (Å²) >= 11 is 8.52. The summed E-state index contributed by atoms with van der Waals surface area (Å²) in [4.78, 5) is 37.7. The van der Waals surface area contributed by atoms with Gasteiger partial charge in [-0.3, -0.25) is 19.7 Å². The molecule has 142 valence electrons. The first-order valence-corrected chi connectivity index (χ1v) is 9.84. The van der Waals surface area contributed by atoms with Crippen LogP contribution in [0.5, 0.6) is 0 Å². The Hall–Kier alpha value is -3.16. The molecular weight excluding hydrogens is 452 g/mol. The summed E-state index contributed by atoms with van der Waals surface area (Å²) in [7, 11) is 0. The van der Waals surface area contributed by atoms with Gasteiger partial charge in [0.1, 0.15) is 0 Å². The van der Waals surface area contributed by atoms with Crippen molar-refractivity contribution in [2.75, 3.05) is 5.32 Å². The number of ketones is 2. The predicted octanol–water partition coefficient (Wildman–Crippen LogP) is 4.35. The van der Waals surface area contributed by atoms with E-state index in [9.17, 15) is 14.4 Å². The number of halogens is 1. The first-order valence-electron chi connectivity index (χ1n) is 8.64. The second kappa shape index (κ2) is 7.69. The number of thiocarbonyl (C=S) groups is 1. The van der Waals surface area contributed by atoms with Crippen LogP contribution in [0, 0.1) is 0 Å². The topological polar surface area (TPSA) is 75.3 Å². The van der Waals surface area contributed by atoms with Gasteiger partial charge in [-0.15, -0.1) is 0 Å². The lowest BCUT2D eigenvalue weighted by molar-refractivity contribution is 0.0976. The van der Waals surface area contributed by atoms with Gasteiger partial charge in [-0.2, -0.15) is 0 Å². The third-order valence-corrected chi connectivity index (χ3v) is 5.25. The highest BCUT2D eigenvalue weighted by molar-refractivity contribution is 9.10. The molecule has 7 heteroatoms. The lowest BCUT2D eigenvalue weighted by atomic mass is 9.84. The van der Waals surface area contributed by atoms with Crippen molar-refractivity contribution in [2.45, 2.75) is 0 Å². The van der Waals surface area contributed by atoms with Crippen LogP contribution in [0.15, 0.2) is 71.2 Å². The second-order valence-electron chi connectivity index (χ2n) is 6.38. The quantitative estimate of drug-likeness (QED) is 0.431. The van der Waals surface area contributed by atoms with E-state index in [-0.39, 0.29) is 22.6 Å². The summed E-state index contributed by atoms with van der Waals surface area (Å²) in [5, 5.41) is 5.57. The molecule has 0 bridgehead atoms. The summed E-state index contributed by atoms with van der Waals surface area (Å²) < 4.78 is 0.865. The molecule has 0 aromatic heterocycles. The molecule has 0 saturated carbocycles. The minimum Gasteiger partial charge on any atom is -0.332 e. The first-order chi connectivity index (χ1) is 13.9. The molecular formula is C22H13BrN2O3S. The number of fused-ring (bicyclic) bond motifs is 2. The van der Waals surface area contributed by atoms with Gasteiger partial charge in [0.15, 0.2) is 16.7 Å². The van der Waals surface area contributed by atoms with E-state index in [1.165, 1.54) is 0 Å². The van der Waals surface area contributed by atoms with Crippen molar-refractivity contribution in [3.05, 3.63) is 99.0 Å². The molecule has 0 spiro atoms. The molecule has 0 radical (unpaired) electrons. The molecule has 2 N–H and O–H groups in total. The van der Waals surface area contributed by atoms with Crippen molar-refractivity contribution in [3.63, 3.8) is 0 Å². The molecule has 1 amide bonds. The van der Waals surface area contributed by atoms with Crippen LogP contribution in [0.3, 0.4) is 0 Å². The number of nitrogens with one attached hydrogen (secondary N) is 2. The van der Waals surface area contributed by atoms with Crippen LogP contribution in [0.4, 0.5) is 5.69 Å². The number of hydrogen-bond acceptors (Lipinski definition) is 4. The number of carbonyl (C=O) groups excluding carboxylic acids is 3. The van der Waals surface area contributed by atoms with Crippen LogP contribution in [0.25, 0.3) is 0 Å². The normalized spacial score (nSPS) is 12.0. The third kappa shape index (κ3) is 3.74. The van der Waals surface area contributed by atoms with E-state index >= 15 is 0 Å². The fourth-order valence-electron chi connectivity index (χ4n) is 3.12. The molecule has 3 aromatic carbocycles. The maximum atomic E-state index is 12.8. The second-order valence-corrected chi connectivity index (χ2v) is 7.70. The van der Waals surface area contributed by atoms with Gasteiger partial charge in [0.25, 0.3) is 5.91 Å². The Bertz CT molecular complexity index is 1190. The molecule has 4 rings (SSSR count). The number of hydrogen-bond donors (Lipinski definition) is 2. The Balaban J connectivity index is 1.53. The van der Waals surface area contributed by atoms with E-state index in [0.717, 1.165) is 4.47 Å². The van der Waals surface area contributed by atoms with E-state index in [1.807, 2.05) is 0 Å². The van der Waals surface area contributed by atoms with Crippen LogP contribution in [0.2, 0.25) is 0 Å².